The molecule has 6 heteroatoms. The number of rotatable bonds is 3. The van der Waals surface area contributed by atoms with E-state index in [1.807, 2.05) is 60.8 Å². The van der Waals surface area contributed by atoms with Crippen molar-refractivity contribution in [2.75, 3.05) is 0 Å². The van der Waals surface area contributed by atoms with Crippen LogP contribution < -0.4 is 5.73 Å². The largest absolute Gasteiger partial charge is 0.478 e. The highest BCUT2D eigenvalue weighted by Crippen LogP contribution is 2.32. The number of fused-ring (bicyclic) bond motifs is 3. The summed E-state index contributed by atoms with van der Waals surface area (Å²) < 4.78 is 1.74. The normalized spacial score (nSPS) is 13.0. The van der Waals surface area contributed by atoms with E-state index in [0.717, 1.165) is 21.9 Å². The molecule has 6 nitrogen and oxygen atoms in total. The minimum atomic E-state index is -0.882. The van der Waals surface area contributed by atoms with E-state index in [0.29, 0.717) is 24.6 Å². The fourth-order valence-corrected chi connectivity index (χ4v) is 3.72. The Labute approximate surface area is 188 Å². The molecule has 0 unspecified atom stereocenters. The Morgan fingerprint density at radius 3 is 2.50 bits per heavy atom. The third-order valence-corrected chi connectivity index (χ3v) is 5.38. The monoisotopic (exact) mass is 428 g/mol. The molecule has 0 atom stereocenters. The van der Waals surface area contributed by atoms with E-state index in [1.165, 1.54) is 25.7 Å². The zero-order valence-corrected chi connectivity index (χ0v) is 18.0. The lowest BCUT2D eigenvalue weighted by Gasteiger charge is -1.96. The molecule has 1 aromatic carbocycles. The number of aryl methyl sites for hydroxylation is 1. The summed E-state index contributed by atoms with van der Waals surface area (Å²) in [6, 6.07) is 21.8. The molecule has 0 radical (unpaired) electrons. The molecule has 0 amide bonds. The summed E-state index contributed by atoms with van der Waals surface area (Å²) in [6.45, 7) is 0.698. The summed E-state index contributed by atoms with van der Waals surface area (Å²) in [6.07, 6.45) is 9.33. The molecule has 1 fully saturated rings. The van der Waals surface area contributed by atoms with Crippen molar-refractivity contribution < 1.29 is 9.90 Å². The Bertz CT molecular complexity index is 1140. The Hall–Kier alpha value is -3.69. The van der Waals surface area contributed by atoms with E-state index < -0.39 is 5.97 Å². The molecule has 0 aliphatic heterocycles. The lowest BCUT2D eigenvalue weighted by Crippen LogP contribution is -2.13. The number of nitriles is 1. The van der Waals surface area contributed by atoms with Crippen LogP contribution in [0.25, 0.3) is 21.9 Å². The van der Waals surface area contributed by atoms with Gasteiger partial charge in [0.25, 0.3) is 0 Å². The van der Waals surface area contributed by atoms with Gasteiger partial charge in [0.15, 0.2) is 0 Å². The molecule has 0 saturated heterocycles. The number of aromatic nitrogens is 2. The predicted molar refractivity (Wildman–Crippen MR) is 126 cm³/mol. The van der Waals surface area contributed by atoms with Gasteiger partial charge in [0.1, 0.15) is 0 Å². The molecule has 1 aromatic heterocycles. The number of carbonyl (C=O) groups is 1. The molecule has 3 N–H and O–H groups in total. The van der Waals surface area contributed by atoms with Gasteiger partial charge in [0.2, 0.25) is 0 Å². The summed E-state index contributed by atoms with van der Waals surface area (Å²) in [5, 5.41) is 23.3. The fraction of sp³-hybridized carbons (Fsp3) is 0.269. The van der Waals surface area contributed by atoms with Crippen molar-refractivity contribution in [1.29, 1.82) is 5.26 Å². The topological polar surface area (TPSA) is 105 Å². The number of hydrogen-bond donors (Lipinski definition) is 2. The van der Waals surface area contributed by atoms with Crippen molar-refractivity contribution in [3.8, 4) is 17.2 Å². The van der Waals surface area contributed by atoms with Gasteiger partial charge in [-0.3, -0.25) is 4.68 Å². The van der Waals surface area contributed by atoms with E-state index in [2.05, 4.69) is 5.10 Å². The summed E-state index contributed by atoms with van der Waals surface area (Å²) in [7, 11) is 0. The molecule has 0 bridgehead atoms. The van der Waals surface area contributed by atoms with Crippen LogP contribution in [0.2, 0.25) is 0 Å². The minimum Gasteiger partial charge on any atom is -0.478 e. The van der Waals surface area contributed by atoms with Crippen LogP contribution in [0.4, 0.5) is 0 Å². The van der Waals surface area contributed by atoms with Crippen LogP contribution in [0.3, 0.4) is 0 Å². The van der Waals surface area contributed by atoms with Crippen LogP contribution >= 0.6 is 0 Å². The fourth-order valence-electron chi connectivity index (χ4n) is 3.72. The maximum atomic E-state index is 11.0. The molecule has 164 valence electrons. The van der Waals surface area contributed by atoms with Crippen molar-refractivity contribution in [2.45, 2.75) is 44.7 Å². The summed E-state index contributed by atoms with van der Waals surface area (Å²) in [5.41, 5.74) is 7.83. The molecule has 32 heavy (non-hydrogen) atoms. The maximum absolute atomic E-state index is 11.0. The molecular formula is C26H28N4O2. The van der Waals surface area contributed by atoms with E-state index in [4.69, 9.17) is 16.1 Å². The van der Waals surface area contributed by atoms with E-state index in [-0.39, 0.29) is 0 Å². The number of nitrogens with zero attached hydrogens (tertiary/aromatic N) is 3. The third-order valence-electron chi connectivity index (χ3n) is 5.38. The molecule has 5 rings (SSSR count). The van der Waals surface area contributed by atoms with E-state index in [1.54, 1.807) is 23.0 Å². The zero-order chi connectivity index (χ0) is 22.8. The van der Waals surface area contributed by atoms with Gasteiger partial charge in [-0.15, -0.1) is 0 Å². The average molecular weight is 429 g/mol. The first kappa shape index (κ1) is 23.0. The van der Waals surface area contributed by atoms with E-state index >= 15 is 0 Å². The highest BCUT2D eigenvalue weighted by molar-refractivity contribution is 6.02. The second-order valence-corrected chi connectivity index (χ2v) is 7.75. The number of nitrogens with two attached hydrogens (primary N) is 1. The molecule has 1 saturated carbocycles. The van der Waals surface area contributed by atoms with E-state index in [9.17, 15) is 4.79 Å². The molecular weight excluding hydrogens is 400 g/mol. The summed E-state index contributed by atoms with van der Waals surface area (Å²) >= 11 is 0. The van der Waals surface area contributed by atoms with Gasteiger partial charge in [-0.05, 0) is 52.9 Å². The van der Waals surface area contributed by atoms with Crippen LogP contribution in [0.1, 0.15) is 42.5 Å². The van der Waals surface area contributed by atoms with Crippen LogP contribution in [0.15, 0.2) is 73.1 Å². The first-order valence-electron chi connectivity index (χ1n) is 10.8. The molecule has 0 spiro atoms. The van der Waals surface area contributed by atoms with Gasteiger partial charge >= 0.3 is 5.97 Å². The Balaban J connectivity index is 0.000000161. The third kappa shape index (κ3) is 6.40. The SMILES string of the molecule is N#CCCn1cccn1.NC1CCCC1.O=C(O)c1cc2cccc3ccccc3c-2c1. The van der Waals surface area contributed by atoms with Crippen molar-refractivity contribution in [2.24, 2.45) is 5.73 Å². The van der Waals surface area contributed by atoms with Crippen molar-refractivity contribution >= 4 is 16.7 Å². The van der Waals surface area contributed by atoms with Crippen molar-refractivity contribution in [3.63, 3.8) is 0 Å². The second kappa shape index (κ2) is 11.6. The smallest absolute Gasteiger partial charge is 0.335 e. The summed E-state index contributed by atoms with van der Waals surface area (Å²) in [5.74, 6) is -0.882. The minimum absolute atomic E-state index is 0.344. The first-order valence-corrected chi connectivity index (χ1v) is 10.8. The Morgan fingerprint density at radius 1 is 1.12 bits per heavy atom. The number of carboxylic acid groups (broad SMARTS) is 1. The highest BCUT2D eigenvalue weighted by Gasteiger charge is 2.12. The van der Waals surface area contributed by atoms with Crippen molar-refractivity contribution in [3.05, 3.63) is 78.6 Å². The van der Waals surface area contributed by atoms with Gasteiger partial charge < -0.3 is 10.8 Å². The average Bonchev–Trinajstić information content (AvgIpc) is 3.55. The maximum Gasteiger partial charge on any atom is 0.335 e. The van der Waals surface area contributed by atoms with Gasteiger partial charge in [-0.25, -0.2) is 4.79 Å². The van der Waals surface area contributed by atoms with Crippen LogP contribution in [-0.2, 0) is 6.54 Å². The Kier molecular flexibility index (Phi) is 8.36. The Morgan fingerprint density at radius 2 is 1.88 bits per heavy atom. The van der Waals surface area contributed by atoms with Crippen molar-refractivity contribution in [1.82, 2.24) is 9.78 Å². The number of hydrogen-bond acceptors (Lipinski definition) is 4. The molecule has 2 aromatic rings. The van der Waals surface area contributed by atoms with Gasteiger partial charge in [-0.2, -0.15) is 10.4 Å². The molecule has 1 heterocycles. The lowest BCUT2D eigenvalue weighted by atomic mass is 10.1. The zero-order valence-electron chi connectivity index (χ0n) is 18.0. The highest BCUT2D eigenvalue weighted by atomic mass is 16.4. The lowest BCUT2D eigenvalue weighted by molar-refractivity contribution is 0.0697. The number of carboxylic acids is 1. The standard InChI is InChI=1S/C15H10O2.C6H7N3.C5H11N/c16-15(17)12-8-11-6-3-5-10-4-1-2-7-13(10)14(11)9-12;7-3-1-5-9-6-2-4-8-9;6-5-3-1-2-4-5/h1-9H,(H,16,17);2,4,6H,1,5H2;5H,1-4,6H2. The first-order chi connectivity index (χ1) is 15.6. The van der Waals surface area contributed by atoms with Crippen LogP contribution in [0, 0.1) is 11.3 Å². The predicted octanol–water partition coefficient (Wildman–Crippen LogP) is 5.33. The summed E-state index contributed by atoms with van der Waals surface area (Å²) in [4.78, 5) is 11.0. The molecule has 3 aliphatic carbocycles. The number of aromatic carboxylic acids is 1. The second-order valence-electron chi connectivity index (χ2n) is 7.75. The quantitative estimate of drug-likeness (QED) is 0.459. The van der Waals surface area contributed by atoms with Gasteiger partial charge in [-0.1, -0.05) is 55.3 Å². The van der Waals surface area contributed by atoms with Gasteiger partial charge in [0.05, 0.1) is 24.6 Å². The van der Waals surface area contributed by atoms with Gasteiger partial charge in [0, 0.05) is 18.4 Å². The van der Waals surface area contributed by atoms with Crippen LogP contribution in [-0.4, -0.2) is 26.9 Å². The molecule has 3 aliphatic rings. The van der Waals surface area contributed by atoms with Crippen LogP contribution in [0.5, 0.6) is 0 Å². The number of benzene rings is 1.